The number of nitrogens with zero attached hydrogens (tertiary/aromatic N) is 2. The van der Waals surface area contributed by atoms with E-state index < -0.39 is 18.0 Å². The normalized spacial score (nSPS) is 11.2. The Balaban J connectivity index is 2.03. The maximum Gasteiger partial charge on any atom is 0.340 e. The van der Waals surface area contributed by atoms with Crippen LogP contribution in [0.15, 0.2) is 40.6 Å². The summed E-state index contributed by atoms with van der Waals surface area (Å²) in [6, 6.07) is 10.3. The lowest BCUT2D eigenvalue weighted by molar-refractivity contribution is -0.126. The SMILES string of the molecule is C[C@@H](OC(=O)c1ccccc1SCC(=O)N(C)C)C(=O)Nc1sccc1C#N. The molecule has 0 saturated carbocycles. The molecule has 0 aliphatic heterocycles. The molecule has 1 N–H and O–H groups in total. The number of thioether (sulfide) groups is 1. The standard InChI is InChI=1S/C19H19N3O4S2/c1-12(17(24)21-18-13(10-20)8-9-27-18)26-19(25)14-6-4-5-7-15(14)28-11-16(23)22(2)3/h4-9,12H,11H2,1-3H3,(H,21,24)/t12-/m1/s1. The van der Waals surface area contributed by atoms with E-state index in [4.69, 9.17) is 10.00 Å². The second-order valence-electron chi connectivity index (χ2n) is 5.88. The maximum absolute atomic E-state index is 12.5. The number of anilines is 1. The van der Waals surface area contributed by atoms with Gasteiger partial charge in [0.05, 0.1) is 16.9 Å². The molecule has 0 aliphatic rings. The van der Waals surface area contributed by atoms with Crippen LogP contribution in [0.2, 0.25) is 0 Å². The summed E-state index contributed by atoms with van der Waals surface area (Å²) in [5.74, 6) is -1.08. The molecule has 7 nitrogen and oxygen atoms in total. The number of ether oxygens (including phenoxy) is 1. The number of thiophene rings is 1. The van der Waals surface area contributed by atoms with Crippen molar-refractivity contribution < 1.29 is 19.1 Å². The zero-order chi connectivity index (χ0) is 20.7. The van der Waals surface area contributed by atoms with Gasteiger partial charge in [0, 0.05) is 19.0 Å². The molecule has 0 radical (unpaired) electrons. The summed E-state index contributed by atoms with van der Waals surface area (Å²) in [4.78, 5) is 38.6. The van der Waals surface area contributed by atoms with Crippen molar-refractivity contribution in [3.8, 4) is 6.07 Å². The molecular formula is C19H19N3O4S2. The minimum absolute atomic E-state index is 0.0786. The Bertz CT molecular complexity index is 918. The van der Waals surface area contributed by atoms with Crippen LogP contribution in [0.4, 0.5) is 5.00 Å². The first kappa shape index (κ1) is 21.5. The van der Waals surface area contributed by atoms with Gasteiger partial charge in [0.15, 0.2) is 6.10 Å². The number of benzene rings is 1. The van der Waals surface area contributed by atoms with E-state index in [1.54, 1.807) is 49.8 Å². The van der Waals surface area contributed by atoms with Crippen LogP contribution >= 0.6 is 23.1 Å². The van der Waals surface area contributed by atoms with Gasteiger partial charge in [-0.2, -0.15) is 5.26 Å². The molecule has 1 aromatic carbocycles. The topological polar surface area (TPSA) is 99.5 Å². The third kappa shape index (κ3) is 5.58. The molecule has 9 heteroatoms. The number of nitriles is 1. The van der Waals surface area contributed by atoms with Crippen molar-refractivity contribution in [2.45, 2.75) is 17.9 Å². The van der Waals surface area contributed by atoms with E-state index in [1.807, 2.05) is 6.07 Å². The molecule has 1 heterocycles. The molecule has 2 amide bonds. The van der Waals surface area contributed by atoms with E-state index >= 15 is 0 Å². The van der Waals surface area contributed by atoms with Gasteiger partial charge in [0.25, 0.3) is 5.91 Å². The second-order valence-corrected chi connectivity index (χ2v) is 7.82. The van der Waals surface area contributed by atoms with Crippen LogP contribution in [0.25, 0.3) is 0 Å². The summed E-state index contributed by atoms with van der Waals surface area (Å²) < 4.78 is 5.28. The van der Waals surface area contributed by atoms with Crippen LogP contribution in [-0.4, -0.2) is 48.6 Å². The Morgan fingerprint density at radius 1 is 1.29 bits per heavy atom. The zero-order valence-electron chi connectivity index (χ0n) is 15.6. The predicted octanol–water partition coefficient (Wildman–Crippen LogP) is 2.98. The summed E-state index contributed by atoms with van der Waals surface area (Å²) in [6.45, 7) is 1.46. The molecule has 0 unspecified atom stereocenters. The summed E-state index contributed by atoms with van der Waals surface area (Å²) in [6.07, 6.45) is -1.05. The quantitative estimate of drug-likeness (QED) is 0.549. The lowest BCUT2D eigenvalue weighted by Gasteiger charge is -2.15. The van der Waals surface area contributed by atoms with Gasteiger partial charge in [0.1, 0.15) is 11.1 Å². The third-order valence-corrected chi connectivity index (χ3v) is 5.52. The number of rotatable bonds is 7. The van der Waals surface area contributed by atoms with Gasteiger partial charge < -0.3 is 15.0 Å². The third-order valence-electron chi connectivity index (χ3n) is 3.63. The molecular weight excluding hydrogens is 398 g/mol. The minimum atomic E-state index is -1.05. The molecule has 28 heavy (non-hydrogen) atoms. The van der Waals surface area contributed by atoms with Crippen LogP contribution in [0.1, 0.15) is 22.8 Å². The van der Waals surface area contributed by atoms with Gasteiger partial charge in [-0.05, 0) is 30.5 Å². The van der Waals surface area contributed by atoms with Crippen LogP contribution in [0, 0.1) is 11.3 Å². The van der Waals surface area contributed by atoms with Crippen molar-refractivity contribution in [1.29, 1.82) is 5.26 Å². The lowest BCUT2D eigenvalue weighted by atomic mass is 10.2. The van der Waals surface area contributed by atoms with E-state index in [0.29, 0.717) is 15.5 Å². The van der Waals surface area contributed by atoms with E-state index in [0.717, 1.165) is 0 Å². The molecule has 2 aromatic rings. The van der Waals surface area contributed by atoms with Crippen molar-refractivity contribution in [2.75, 3.05) is 25.2 Å². The van der Waals surface area contributed by atoms with Crippen LogP contribution in [0.3, 0.4) is 0 Å². The van der Waals surface area contributed by atoms with Crippen molar-refractivity contribution in [2.24, 2.45) is 0 Å². The number of amides is 2. The summed E-state index contributed by atoms with van der Waals surface area (Å²) in [7, 11) is 3.32. The summed E-state index contributed by atoms with van der Waals surface area (Å²) in [5, 5.41) is 13.7. The van der Waals surface area contributed by atoms with Gasteiger partial charge in [-0.15, -0.1) is 23.1 Å². The van der Waals surface area contributed by atoms with E-state index in [-0.39, 0.29) is 17.2 Å². The van der Waals surface area contributed by atoms with Crippen LogP contribution in [0.5, 0.6) is 0 Å². The highest BCUT2D eigenvalue weighted by Gasteiger charge is 2.22. The highest BCUT2D eigenvalue weighted by Crippen LogP contribution is 2.25. The Hall–Kier alpha value is -2.83. The average molecular weight is 418 g/mol. The number of hydrogen-bond acceptors (Lipinski definition) is 7. The Labute approximate surface area is 171 Å². The molecule has 0 saturated heterocycles. The van der Waals surface area contributed by atoms with Crippen molar-refractivity contribution in [1.82, 2.24) is 4.90 Å². The number of hydrogen-bond donors (Lipinski definition) is 1. The van der Waals surface area contributed by atoms with Gasteiger partial charge in [0.2, 0.25) is 5.91 Å². The molecule has 1 aromatic heterocycles. The Morgan fingerprint density at radius 2 is 2.00 bits per heavy atom. The number of carbonyl (C=O) groups is 3. The fourth-order valence-corrected chi connectivity index (χ4v) is 3.77. The number of esters is 1. The fraction of sp³-hybridized carbons (Fsp3) is 0.263. The highest BCUT2D eigenvalue weighted by atomic mass is 32.2. The molecule has 146 valence electrons. The van der Waals surface area contributed by atoms with Crippen LogP contribution in [-0.2, 0) is 14.3 Å². The largest absolute Gasteiger partial charge is 0.449 e. The maximum atomic E-state index is 12.5. The first-order valence-corrected chi connectivity index (χ1v) is 10.1. The molecule has 0 bridgehead atoms. The average Bonchev–Trinajstić information content (AvgIpc) is 3.13. The van der Waals surface area contributed by atoms with E-state index in [9.17, 15) is 14.4 Å². The number of nitrogens with one attached hydrogen (secondary N) is 1. The van der Waals surface area contributed by atoms with Gasteiger partial charge in [-0.1, -0.05) is 12.1 Å². The summed E-state index contributed by atoms with van der Waals surface area (Å²) in [5.41, 5.74) is 0.636. The first-order chi connectivity index (χ1) is 13.3. The zero-order valence-corrected chi connectivity index (χ0v) is 17.2. The van der Waals surface area contributed by atoms with Gasteiger partial charge in [-0.25, -0.2) is 4.79 Å². The van der Waals surface area contributed by atoms with Crippen molar-refractivity contribution in [3.05, 3.63) is 46.8 Å². The minimum Gasteiger partial charge on any atom is -0.449 e. The monoisotopic (exact) mass is 417 g/mol. The first-order valence-electron chi connectivity index (χ1n) is 8.25. The van der Waals surface area contributed by atoms with Crippen molar-refractivity contribution >= 4 is 45.9 Å². The number of carbonyl (C=O) groups excluding carboxylic acids is 3. The van der Waals surface area contributed by atoms with Crippen molar-refractivity contribution in [3.63, 3.8) is 0 Å². The molecule has 2 rings (SSSR count). The Morgan fingerprint density at radius 3 is 2.68 bits per heavy atom. The van der Waals surface area contributed by atoms with E-state index in [1.165, 1.54) is 34.9 Å². The van der Waals surface area contributed by atoms with Crippen LogP contribution < -0.4 is 5.32 Å². The summed E-state index contributed by atoms with van der Waals surface area (Å²) >= 11 is 2.44. The molecule has 1 atom stereocenters. The van der Waals surface area contributed by atoms with Gasteiger partial charge >= 0.3 is 5.97 Å². The predicted molar refractivity (Wildman–Crippen MR) is 108 cm³/mol. The molecule has 0 fully saturated rings. The highest BCUT2D eigenvalue weighted by molar-refractivity contribution is 8.00. The lowest BCUT2D eigenvalue weighted by Crippen LogP contribution is -2.30. The smallest absolute Gasteiger partial charge is 0.340 e. The fourth-order valence-electron chi connectivity index (χ4n) is 2.01. The molecule has 0 spiro atoms. The molecule has 0 aliphatic carbocycles. The van der Waals surface area contributed by atoms with E-state index in [2.05, 4.69) is 5.32 Å². The second kappa shape index (κ2) is 9.92. The van der Waals surface area contributed by atoms with Gasteiger partial charge in [-0.3, -0.25) is 9.59 Å². The Kier molecular flexibility index (Phi) is 7.61.